The molecule has 5 aromatic rings. The second-order valence-electron chi connectivity index (χ2n) is 18.6. The van der Waals surface area contributed by atoms with Gasteiger partial charge in [0.15, 0.2) is 32.2 Å². The Hall–Kier alpha value is -6.62. The van der Waals surface area contributed by atoms with Crippen molar-refractivity contribution in [2.45, 2.75) is 83.5 Å². The molecule has 9 rings (SSSR count). The average Bonchev–Trinajstić information content (AvgIpc) is 3.38. The lowest BCUT2D eigenvalue weighted by Crippen LogP contribution is -2.38. The van der Waals surface area contributed by atoms with E-state index in [-0.39, 0.29) is 49.9 Å². The maximum Gasteiger partial charge on any atom is 0.260 e. The van der Waals surface area contributed by atoms with Gasteiger partial charge in [-0.05, 0) is 102 Å². The molecule has 0 radical (unpaired) electrons. The van der Waals surface area contributed by atoms with Crippen molar-refractivity contribution >= 4 is 23.5 Å². The highest BCUT2D eigenvalue weighted by Crippen LogP contribution is 2.39. The van der Waals surface area contributed by atoms with E-state index in [0.717, 1.165) is 142 Å². The zero-order chi connectivity index (χ0) is 46.7. The lowest BCUT2D eigenvalue weighted by atomic mass is 9.91. The number of amides is 3. The minimum Gasteiger partial charge on any atom is -0.485 e. The molecular formula is C57H63N3O8. The Morgan fingerprint density at radius 2 is 0.588 bits per heavy atom. The molecule has 0 N–H and O–H groups in total. The van der Waals surface area contributed by atoms with Crippen molar-refractivity contribution in [3.63, 3.8) is 0 Å². The summed E-state index contributed by atoms with van der Waals surface area (Å²) in [6, 6.07) is 33.4. The largest absolute Gasteiger partial charge is 0.485 e. The van der Waals surface area contributed by atoms with Crippen LogP contribution < -0.4 is 18.9 Å². The molecule has 3 amide bonds. The molecule has 68 heavy (non-hydrogen) atoms. The number of ether oxygens (including phenoxy) is 4. The van der Waals surface area contributed by atoms with Gasteiger partial charge in [-0.3, -0.25) is 19.2 Å². The molecule has 11 nitrogen and oxygen atoms in total. The average molecular weight is 918 g/mol. The minimum atomic E-state index is -0.173. The number of carbonyl (C=O) groups is 4. The second kappa shape index (κ2) is 22.5. The number of rotatable bonds is 13. The van der Waals surface area contributed by atoms with Crippen LogP contribution in [0.3, 0.4) is 0 Å². The van der Waals surface area contributed by atoms with Crippen LogP contribution in [0, 0.1) is 0 Å². The quantitative estimate of drug-likeness (QED) is 0.106. The molecule has 354 valence electrons. The molecule has 3 aliphatic heterocycles. The number of ketones is 1. The van der Waals surface area contributed by atoms with Crippen LogP contribution in [0.5, 0.6) is 23.0 Å². The molecule has 1 aliphatic carbocycles. The first-order valence-corrected chi connectivity index (χ1v) is 24.7. The fourth-order valence-corrected chi connectivity index (χ4v) is 10.2. The number of para-hydroxylation sites is 4. The monoisotopic (exact) mass is 917 g/mol. The number of piperidine rings is 3. The van der Waals surface area contributed by atoms with Crippen molar-refractivity contribution < 1.29 is 38.1 Å². The zero-order valence-electron chi connectivity index (χ0n) is 39.2. The highest BCUT2D eigenvalue weighted by Gasteiger charge is 2.26. The van der Waals surface area contributed by atoms with Gasteiger partial charge in [-0.2, -0.15) is 0 Å². The summed E-state index contributed by atoms with van der Waals surface area (Å²) in [5.41, 5.74) is 7.45. The maximum atomic E-state index is 13.7. The molecule has 0 unspecified atom stereocenters. The van der Waals surface area contributed by atoms with Crippen LogP contribution in [0.25, 0.3) is 0 Å². The second-order valence-corrected chi connectivity index (χ2v) is 18.6. The molecular weight excluding hydrogens is 855 g/mol. The van der Waals surface area contributed by atoms with Gasteiger partial charge in [0.25, 0.3) is 17.7 Å². The smallest absolute Gasteiger partial charge is 0.260 e. The number of Topliss-reactive ketones (excluding diaryl/α,β-unsaturated/α-hetero) is 1. The van der Waals surface area contributed by atoms with Gasteiger partial charge in [-0.1, -0.05) is 103 Å². The number of benzene rings is 5. The van der Waals surface area contributed by atoms with Crippen molar-refractivity contribution in [2.75, 3.05) is 65.7 Å². The molecule has 3 heterocycles. The van der Waals surface area contributed by atoms with Crippen LogP contribution in [-0.4, -0.2) is 104 Å². The summed E-state index contributed by atoms with van der Waals surface area (Å²) in [5.74, 6) is 2.16. The highest BCUT2D eigenvalue weighted by molar-refractivity contribution is 5.97. The van der Waals surface area contributed by atoms with Gasteiger partial charge < -0.3 is 33.6 Å². The number of hydrogen-bond acceptors (Lipinski definition) is 8. The molecule has 0 atom stereocenters. The first-order chi connectivity index (χ1) is 33.4. The maximum absolute atomic E-state index is 13.7. The van der Waals surface area contributed by atoms with E-state index in [2.05, 4.69) is 0 Å². The zero-order valence-corrected chi connectivity index (χ0v) is 39.2. The predicted molar refractivity (Wildman–Crippen MR) is 261 cm³/mol. The van der Waals surface area contributed by atoms with Crippen LogP contribution in [-0.2, 0) is 40.1 Å². The van der Waals surface area contributed by atoms with Gasteiger partial charge >= 0.3 is 0 Å². The van der Waals surface area contributed by atoms with Crippen LogP contribution in [0.4, 0.5) is 0 Å². The van der Waals surface area contributed by atoms with Crippen LogP contribution in [0.15, 0.2) is 103 Å². The van der Waals surface area contributed by atoms with Crippen LogP contribution >= 0.6 is 0 Å². The molecule has 3 saturated heterocycles. The summed E-state index contributed by atoms with van der Waals surface area (Å²) in [6.45, 7) is 3.85. The number of hydrogen-bond donors (Lipinski definition) is 0. The summed E-state index contributed by atoms with van der Waals surface area (Å²) in [4.78, 5) is 60.4. The third kappa shape index (κ3) is 11.4. The van der Waals surface area contributed by atoms with E-state index in [9.17, 15) is 19.2 Å². The number of fused-ring (bicyclic) bond motifs is 8. The Bertz CT molecular complexity index is 2450. The van der Waals surface area contributed by atoms with E-state index < -0.39 is 0 Å². The summed E-state index contributed by atoms with van der Waals surface area (Å²) in [6.07, 6.45) is 10.8. The standard InChI is InChI=1S/C57H63N3O8/c61-50(41-17-5-1-6-18-41)37-65-54-42-19-13-20-43(54)34-45-22-15-24-47(56(45)67-39-52(63)59-29-9-3-10-30-59)36-49-26-16-25-48(57(49)68-40-53(64)60-31-11-4-12-32-60)35-46-23-14-21-44(33-42)55(46)66-38-51(62)58-27-7-2-8-28-58/h1,5-6,13-26H,2-4,7-12,27-40H2. The highest BCUT2D eigenvalue weighted by atomic mass is 16.5. The van der Waals surface area contributed by atoms with Crippen molar-refractivity contribution in [1.82, 2.24) is 14.7 Å². The van der Waals surface area contributed by atoms with Crippen LogP contribution in [0.2, 0.25) is 0 Å². The Morgan fingerprint density at radius 1 is 0.324 bits per heavy atom. The molecule has 0 spiro atoms. The van der Waals surface area contributed by atoms with Gasteiger partial charge in [0.2, 0.25) is 0 Å². The van der Waals surface area contributed by atoms with Gasteiger partial charge in [-0.25, -0.2) is 0 Å². The summed E-state index contributed by atoms with van der Waals surface area (Å²) in [7, 11) is 0. The number of carbonyl (C=O) groups excluding carboxylic acids is 4. The fraction of sp³-hybridized carbons (Fsp3) is 0.404. The predicted octanol–water partition coefficient (Wildman–Crippen LogP) is 8.80. The molecule has 5 aromatic carbocycles. The van der Waals surface area contributed by atoms with E-state index in [1.54, 1.807) is 12.1 Å². The van der Waals surface area contributed by atoms with Gasteiger partial charge in [0.1, 0.15) is 23.0 Å². The third-order valence-electron chi connectivity index (χ3n) is 13.8. The molecule has 11 heteroatoms. The van der Waals surface area contributed by atoms with Gasteiger partial charge in [-0.15, -0.1) is 0 Å². The van der Waals surface area contributed by atoms with Gasteiger partial charge in [0, 0.05) is 70.5 Å². The normalized spacial score (nSPS) is 16.1. The van der Waals surface area contributed by atoms with Crippen LogP contribution in [0.1, 0.15) is 113 Å². The van der Waals surface area contributed by atoms with Crippen molar-refractivity contribution in [3.05, 3.63) is 153 Å². The lowest BCUT2D eigenvalue weighted by molar-refractivity contribution is -0.135. The molecule has 4 aliphatic rings. The van der Waals surface area contributed by atoms with E-state index >= 15 is 0 Å². The topological polar surface area (TPSA) is 115 Å². The fourth-order valence-electron chi connectivity index (χ4n) is 10.2. The van der Waals surface area contributed by atoms with Crippen molar-refractivity contribution in [1.29, 1.82) is 0 Å². The SMILES string of the molecule is O=C(COc1c2cccc1Cc1cccc(c1OCC(=O)N1CCCCC1)Cc1cccc(c1OCC(=O)N1CCCCC1)Cc1cccc(c1OCC(=O)N1CCCCC1)C2)c1ccccc1. The summed E-state index contributed by atoms with van der Waals surface area (Å²) < 4.78 is 26.7. The van der Waals surface area contributed by atoms with Crippen molar-refractivity contribution in [2.24, 2.45) is 0 Å². The molecule has 8 bridgehead atoms. The lowest BCUT2D eigenvalue weighted by Gasteiger charge is -2.28. The number of nitrogens with zero attached hydrogens (tertiary/aromatic N) is 3. The Kier molecular flexibility index (Phi) is 15.3. The first-order valence-electron chi connectivity index (χ1n) is 24.7. The molecule has 0 saturated carbocycles. The Balaban J connectivity index is 1.14. The molecule has 3 fully saturated rings. The van der Waals surface area contributed by atoms with E-state index in [1.165, 1.54) is 0 Å². The molecule has 0 aromatic heterocycles. The van der Waals surface area contributed by atoms with E-state index in [1.807, 2.05) is 106 Å². The minimum absolute atomic E-state index is 0.0401. The Labute approximate surface area is 400 Å². The van der Waals surface area contributed by atoms with E-state index in [0.29, 0.717) is 54.2 Å². The summed E-state index contributed by atoms with van der Waals surface area (Å²) >= 11 is 0. The third-order valence-corrected chi connectivity index (χ3v) is 13.8. The van der Waals surface area contributed by atoms with Gasteiger partial charge in [0.05, 0.1) is 0 Å². The number of likely N-dealkylation sites (tertiary alicyclic amines) is 3. The van der Waals surface area contributed by atoms with Crippen molar-refractivity contribution in [3.8, 4) is 23.0 Å². The first kappa shape index (κ1) is 46.5. The van der Waals surface area contributed by atoms with E-state index in [4.69, 9.17) is 18.9 Å². The summed E-state index contributed by atoms with van der Waals surface area (Å²) in [5, 5.41) is 0. The Morgan fingerprint density at radius 3 is 0.868 bits per heavy atom.